The molecule has 2 atom stereocenters. The molecule has 4 heterocycles. The fraction of sp³-hybridized carbons (Fsp3) is 0.632. The molecule has 0 spiro atoms. The van der Waals surface area contributed by atoms with Crippen LogP contribution in [0.2, 0.25) is 0 Å². The summed E-state index contributed by atoms with van der Waals surface area (Å²) in [4.78, 5) is 12.8. The van der Waals surface area contributed by atoms with Gasteiger partial charge in [0.1, 0.15) is 0 Å². The predicted octanol–water partition coefficient (Wildman–Crippen LogP) is 1.80. The molecule has 0 aliphatic carbocycles. The number of sulfone groups is 2. The van der Waals surface area contributed by atoms with Crippen molar-refractivity contribution in [2.75, 3.05) is 28.8 Å². The van der Waals surface area contributed by atoms with Crippen molar-refractivity contribution in [2.45, 2.75) is 44.4 Å². The van der Waals surface area contributed by atoms with Crippen LogP contribution < -0.4 is 0 Å². The van der Waals surface area contributed by atoms with Crippen molar-refractivity contribution in [3.05, 3.63) is 28.9 Å². The topological polar surface area (TPSA) is 129 Å². The zero-order valence-electron chi connectivity index (χ0n) is 17.4. The number of aryl methyl sites for hydroxylation is 1. The van der Waals surface area contributed by atoms with E-state index in [0.29, 0.717) is 30.7 Å². The van der Waals surface area contributed by atoms with Gasteiger partial charge in [-0.05, 0) is 38.7 Å². The Kier molecular flexibility index (Phi) is 6.08. The smallest absolute Gasteiger partial charge is 0.277 e. The highest BCUT2D eigenvalue weighted by atomic mass is 32.2. The molecule has 2 aliphatic rings. The molecule has 0 amide bonds. The molecule has 2 aliphatic heterocycles. The van der Waals surface area contributed by atoms with E-state index in [0.717, 1.165) is 23.1 Å². The van der Waals surface area contributed by atoms with Crippen LogP contribution in [-0.2, 0) is 26.1 Å². The van der Waals surface area contributed by atoms with E-state index < -0.39 is 19.7 Å². The normalized spacial score (nSPS) is 24.6. The Morgan fingerprint density at radius 3 is 2.48 bits per heavy atom. The Bertz CT molecular complexity index is 1210. The van der Waals surface area contributed by atoms with Gasteiger partial charge in [-0.1, -0.05) is 11.8 Å². The van der Waals surface area contributed by atoms with Crippen LogP contribution in [0, 0.1) is 19.8 Å². The fourth-order valence-corrected chi connectivity index (χ4v) is 8.69. The maximum atomic E-state index is 12.8. The van der Waals surface area contributed by atoms with Crippen molar-refractivity contribution < 1.29 is 26.0 Å². The Balaban J connectivity index is 1.38. The van der Waals surface area contributed by atoms with E-state index in [9.17, 15) is 21.6 Å². The van der Waals surface area contributed by atoms with Crippen LogP contribution in [-0.4, -0.2) is 66.1 Å². The van der Waals surface area contributed by atoms with Crippen LogP contribution in [0.5, 0.6) is 0 Å². The minimum absolute atomic E-state index is 0.00489. The second kappa shape index (κ2) is 8.36. The molecular formula is C19H25N3O6S3. The number of hydrogen-bond acceptors (Lipinski definition) is 9. The monoisotopic (exact) mass is 487 g/mol. The third-order valence-electron chi connectivity index (χ3n) is 5.92. The van der Waals surface area contributed by atoms with Crippen LogP contribution in [0.3, 0.4) is 0 Å². The summed E-state index contributed by atoms with van der Waals surface area (Å²) >= 11 is 1.14. The van der Waals surface area contributed by atoms with E-state index in [1.807, 2.05) is 24.5 Å². The average molecular weight is 488 g/mol. The van der Waals surface area contributed by atoms with Gasteiger partial charge in [-0.2, -0.15) is 0 Å². The first-order valence-corrected chi connectivity index (χ1v) is 14.7. The molecule has 0 saturated carbocycles. The van der Waals surface area contributed by atoms with Gasteiger partial charge >= 0.3 is 0 Å². The first-order chi connectivity index (χ1) is 14.5. The van der Waals surface area contributed by atoms with E-state index >= 15 is 0 Å². The highest BCUT2D eigenvalue weighted by molar-refractivity contribution is 7.99. The summed E-state index contributed by atoms with van der Waals surface area (Å²) in [6.45, 7) is 3.73. The van der Waals surface area contributed by atoms with Gasteiger partial charge in [0.2, 0.25) is 5.89 Å². The number of aromatic nitrogens is 3. The lowest BCUT2D eigenvalue weighted by Gasteiger charge is -2.16. The number of Topliss-reactive ketones (excluding diaryl/α,β-unsaturated/α-hetero) is 1. The third kappa shape index (κ3) is 5.06. The minimum Gasteiger partial charge on any atom is -0.416 e. The number of ketones is 1. The highest BCUT2D eigenvalue weighted by Crippen LogP contribution is 2.30. The molecule has 2 saturated heterocycles. The number of carbonyl (C=O) groups is 1. The lowest BCUT2D eigenvalue weighted by Crippen LogP contribution is -2.14. The van der Waals surface area contributed by atoms with Gasteiger partial charge in [0.25, 0.3) is 5.22 Å². The van der Waals surface area contributed by atoms with E-state index in [-0.39, 0.29) is 51.7 Å². The van der Waals surface area contributed by atoms with Gasteiger partial charge in [0.05, 0.1) is 28.8 Å². The highest BCUT2D eigenvalue weighted by Gasteiger charge is 2.32. The first-order valence-electron chi connectivity index (χ1n) is 10.1. The maximum Gasteiger partial charge on any atom is 0.277 e. The van der Waals surface area contributed by atoms with Crippen LogP contribution in [0.15, 0.2) is 15.7 Å². The van der Waals surface area contributed by atoms with E-state index in [1.54, 1.807) is 0 Å². The molecule has 0 bridgehead atoms. The maximum absolute atomic E-state index is 12.8. The molecule has 170 valence electrons. The van der Waals surface area contributed by atoms with Gasteiger partial charge in [0.15, 0.2) is 25.5 Å². The molecule has 0 aromatic carbocycles. The van der Waals surface area contributed by atoms with Gasteiger partial charge in [0, 0.05) is 29.4 Å². The summed E-state index contributed by atoms with van der Waals surface area (Å²) in [7, 11) is -5.97. The molecule has 0 radical (unpaired) electrons. The first kappa shape index (κ1) is 22.5. The standard InChI is InChI=1S/C19H25N3O6S3/c1-12-7-16(13(2)22(12)15-4-6-31(26,27)11-15)17(23)9-29-19-21-20-18(28-19)8-14-3-5-30(24,25)10-14/h7,14-15H,3-6,8-11H2,1-2H3. The van der Waals surface area contributed by atoms with Crippen molar-refractivity contribution in [3.63, 3.8) is 0 Å². The summed E-state index contributed by atoms with van der Waals surface area (Å²) in [5, 5.41) is 8.21. The van der Waals surface area contributed by atoms with Gasteiger partial charge in [-0.15, -0.1) is 10.2 Å². The fourth-order valence-electron chi connectivity index (χ4n) is 4.46. The summed E-state index contributed by atoms with van der Waals surface area (Å²) in [6.07, 6.45) is 1.59. The third-order valence-corrected chi connectivity index (χ3v) is 10.3. The van der Waals surface area contributed by atoms with Crippen LogP contribution >= 0.6 is 11.8 Å². The minimum atomic E-state index is -3.02. The Labute approximate surface area is 185 Å². The molecule has 0 N–H and O–H groups in total. The van der Waals surface area contributed by atoms with E-state index in [2.05, 4.69) is 10.2 Å². The average Bonchev–Trinajstić information content (AvgIpc) is 3.41. The molecule has 31 heavy (non-hydrogen) atoms. The molecule has 2 fully saturated rings. The number of nitrogens with zero attached hydrogens (tertiary/aromatic N) is 3. The largest absolute Gasteiger partial charge is 0.416 e. The number of carbonyl (C=O) groups excluding carboxylic acids is 1. The van der Waals surface area contributed by atoms with E-state index in [4.69, 9.17) is 4.42 Å². The van der Waals surface area contributed by atoms with E-state index in [1.165, 1.54) is 0 Å². The Morgan fingerprint density at radius 1 is 1.13 bits per heavy atom. The molecule has 2 aromatic rings. The van der Waals surface area contributed by atoms with Crippen molar-refractivity contribution in [1.29, 1.82) is 0 Å². The summed E-state index contributed by atoms with van der Waals surface area (Å²) in [6, 6.07) is 1.68. The molecule has 12 heteroatoms. The zero-order valence-corrected chi connectivity index (χ0v) is 19.9. The molecule has 9 nitrogen and oxygen atoms in total. The van der Waals surface area contributed by atoms with Crippen LogP contribution in [0.25, 0.3) is 0 Å². The van der Waals surface area contributed by atoms with Gasteiger partial charge in [-0.25, -0.2) is 16.8 Å². The van der Waals surface area contributed by atoms with Gasteiger partial charge in [-0.3, -0.25) is 4.79 Å². The molecule has 4 rings (SSSR count). The van der Waals surface area contributed by atoms with Crippen molar-refractivity contribution in [1.82, 2.24) is 14.8 Å². The second-order valence-electron chi connectivity index (χ2n) is 8.36. The molecular weight excluding hydrogens is 462 g/mol. The molecule has 2 unspecified atom stereocenters. The summed E-state index contributed by atoms with van der Waals surface area (Å²) < 4.78 is 54.4. The summed E-state index contributed by atoms with van der Waals surface area (Å²) in [5.74, 6) is 1.05. The van der Waals surface area contributed by atoms with Crippen LogP contribution in [0.1, 0.15) is 46.5 Å². The summed E-state index contributed by atoms with van der Waals surface area (Å²) in [5.41, 5.74) is 2.23. The van der Waals surface area contributed by atoms with Gasteiger partial charge < -0.3 is 8.98 Å². The van der Waals surface area contributed by atoms with Crippen molar-refractivity contribution >= 4 is 37.2 Å². The number of hydrogen-bond donors (Lipinski definition) is 0. The Morgan fingerprint density at radius 2 is 1.84 bits per heavy atom. The lowest BCUT2D eigenvalue weighted by molar-refractivity contribution is 0.102. The zero-order chi connectivity index (χ0) is 22.4. The second-order valence-corrected chi connectivity index (χ2v) is 13.7. The van der Waals surface area contributed by atoms with Crippen molar-refractivity contribution in [2.24, 2.45) is 5.92 Å². The SMILES string of the molecule is Cc1cc(C(=O)CSc2nnc(CC3CCS(=O)(=O)C3)o2)c(C)n1C1CCS(=O)(=O)C1. The van der Waals surface area contributed by atoms with Crippen molar-refractivity contribution in [3.8, 4) is 0 Å². The Hall–Kier alpha value is -1.66. The number of thioether (sulfide) groups is 1. The lowest BCUT2D eigenvalue weighted by atomic mass is 10.1. The molecule has 2 aromatic heterocycles. The van der Waals surface area contributed by atoms with Crippen LogP contribution in [0.4, 0.5) is 0 Å². The quantitative estimate of drug-likeness (QED) is 0.424. The number of rotatable bonds is 7. The predicted molar refractivity (Wildman–Crippen MR) is 116 cm³/mol.